The van der Waals surface area contributed by atoms with E-state index in [0.717, 1.165) is 5.56 Å². The highest BCUT2D eigenvalue weighted by Gasteiger charge is 2.31. The normalized spacial score (nSPS) is 13.9. The lowest BCUT2D eigenvalue weighted by molar-refractivity contribution is -0.560. The van der Waals surface area contributed by atoms with Crippen molar-refractivity contribution in [2.45, 2.75) is 25.8 Å². The Balaban J connectivity index is 2.20. The van der Waals surface area contributed by atoms with Gasteiger partial charge in [-0.15, -0.1) is 0 Å². The Morgan fingerprint density at radius 1 is 1.38 bits per heavy atom. The summed E-state index contributed by atoms with van der Waals surface area (Å²) in [6.07, 6.45) is 0.372. The van der Waals surface area contributed by atoms with Crippen LogP contribution in [0.4, 0.5) is 0 Å². The Morgan fingerprint density at radius 3 is 2.75 bits per heavy atom. The van der Waals surface area contributed by atoms with Gasteiger partial charge in [0.15, 0.2) is 11.5 Å². The van der Waals surface area contributed by atoms with Gasteiger partial charge in [0.25, 0.3) is 0 Å². The van der Waals surface area contributed by atoms with Gasteiger partial charge >= 0.3 is 0 Å². The minimum absolute atomic E-state index is 0.220. The molecule has 5 nitrogen and oxygen atoms in total. The maximum atomic E-state index is 10.8. The highest BCUT2D eigenvalue weighted by molar-refractivity contribution is 5.44. The zero-order chi connectivity index (χ0) is 11.8. The van der Waals surface area contributed by atoms with Crippen LogP contribution in [0.1, 0.15) is 19.4 Å². The van der Waals surface area contributed by atoms with E-state index >= 15 is 0 Å². The Kier molecular flexibility index (Phi) is 2.46. The summed E-state index contributed by atoms with van der Waals surface area (Å²) in [4.78, 5) is 10.5. The SMILES string of the molecule is CC(C)(Cc1ccc2c(c1)OCO2)[N+](=O)[O-]. The van der Waals surface area contributed by atoms with Crippen molar-refractivity contribution >= 4 is 0 Å². The predicted octanol–water partition coefficient (Wildman–Crippen LogP) is 2.01. The number of nitrogens with zero attached hydrogens (tertiary/aromatic N) is 1. The fourth-order valence-electron chi connectivity index (χ4n) is 1.61. The Hall–Kier alpha value is -1.78. The molecule has 0 radical (unpaired) electrons. The van der Waals surface area contributed by atoms with Gasteiger partial charge in [0.1, 0.15) is 0 Å². The van der Waals surface area contributed by atoms with Crippen LogP contribution in [0.2, 0.25) is 0 Å². The standard InChI is InChI=1S/C11H13NO4/c1-11(2,12(13)14)6-8-3-4-9-10(5-8)16-7-15-9/h3-5H,6-7H2,1-2H3. The molecule has 0 spiro atoms. The second kappa shape index (κ2) is 3.66. The first-order chi connectivity index (χ1) is 7.49. The van der Waals surface area contributed by atoms with Gasteiger partial charge in [-0.3, -0.25) is 10.1 Å². The molecule has 5 heteroatoms. The second-order valence-electron chi connectivity index (χ2n) is 4.43. The zero-order valence-electron chi connectivity index (χ0n) is 9.23. The molecule has 0 aromatic heterocycles. The smallest absolute Gasteiger partial charge is 0.231 e. The molecule has 1 heterocycles. The van der Waals surface area contributed by atoms with Crippen LogP contribution in [0.3, 0.4) is 0 Å². The summed E-state index contributed by atoms with van der Waals surface area (Å²) in [6, 6.07) is 5.42. The highest BCUT2D eigenvalue weighted by Crippen LogP contribution is 2.33. The van der Waals surface area contributed by atoms with Gasteiger partial charge in [-0.2, -0.15) is 0 Å². The molecule has 0 bridgehead atoms. The van der Waals surface area contributed by atoms with Gasteiger partial charge in [0.2, 0.25) is 12.3 Å². The lowest BCUT2D eigenvalue weighted by atomic mass is 9.95. The first-order valence-corrected chi connectivity index (χ1v) is 5.02. The summed E-state index contributed by atoms with van der Waals surface area (Å²) >= 11 is 0. The third-order valence-electron chi connectivity index (χ3n) is 2.57. The van der Waals surface area contributed by atoms with Crippen molar-refractivity contribution in [2.75, 3.05) is 6.79 Å². The predicted molar refractivity (Wildman–Crippen MR) is 57.3 cm³/mol. The largest absolute Gasteiger partial charge is 0.454 e. The van der Waals surface area contributed by atoms with Gasteiger partial charge in [-0.05, 0) is 17.7 Å². The molecule has 0 saturated carbocycles. The topological polar surface area (TPSA) is 61.6 Å². The Labute approximate surface area is 93.1 Å². The molecule has 86 valence electrons. The number of fused-ring (bicyclic) bond motifs is 1. The average Bonchev–Trinajstić information content (AvgIpc) is 2.63. The van der Waals surface area contributed by atoms with Crippen LogP contribution in [0.25, 0.3) is 0 Å². The van der Waals surface area contributed by atoms with Crippen molar-refractivity contribution in [1.82, 2.24) is 0 Å². The number of hydrogen-bond donors (Lipinski definition) is 0. The van der Waals surface area contributed by atoms with E-state index in [2.05, 4.69) is 0 Å². The molecule has 1 aliphatic heterocycles. The van der Waals surface area contributed by atoms with Crippen LogP contribution in [-0.2, 0) is 6.42 Å². The molecule has 0 amide bonds. The molecule has 1 aliphatic rings. The first kappa shape index (κ1) is 10.7. The quantitative estimate of drug-likeness (QED) is 0.581. The summed E-state index contributed by atoms with van der Waals surface area (Å²) in [5.74, 6) is 1.36. The molecule has 16 heavy (non-hydrogen) atoms. The molecule has 2 rings (SSSR count). The van der Waals surface area contributed by atoms with Crippen molar-refractivity contribution in [3.8, 4) is 11.5 Å². The summed E-state index contributed by atoms with van der Waals surface area (Å²) in [7, 11) is 0. The van der Waals surface area contributed by atoms with E-state index in [-0.39, 0.29) is 11.7 Å². The van der Waals surface area contributed by atoms with E-state index in [1.54, 1.807) is 26.0 Å². The van der Waals surface area contributed by atoms with Crippen LogP contribution >= 0.6 is 0 Å². The van der Waals surface area contributed by atoms with E-state index in [1.807, 2.05) is 6.07 Å². The lowest BCUT2D eigenvalue weighted by Crippen LogP contribution is -2.33. The van der Waals surface area contributed by atoms with E-state index in [0.29, 0.717) is 17.9 Å². The molecule has 0 N–H and O–H groups in total. The molecule has 0 saturated heterocycles. The third kappa shape index (κ3) is 1.93. The van der Waals surface area contributed by atoms with Crippen LogP contribution in [0.5, 0.6) is 11.5 Å². The van der Waals surface area contributed by atoms with Crippen LogP contribution in [0, 0.1) is 10.1 Å². The molecule has 0 aliphatic carbocycles. The molecule has 1 aromatic carbocycles. The van der Waals surface area contributed by atoms with Crippen molar-refractivity contribution in [1.29, 1.82) is 0 Å². The van der Waals surface area contributed by atoms with Crippen molar-refractivity contribution in [3.05, 3.63) is 33.9 Å². The lowest BCUT2D eigenvalue weighted by Gasteiger charge is -2.15. The molecule has 0 unspecified atom stereocenters. The number of nitro groups is 1. The number of hydrogen-bond acceptors (Lipinski definition) is 4. The minimum Gasteiger partial charge on any atom is -0.454 e. The molecule has 1 aromatic rings. The summed E-state index contributed by atoms with van der Waals surface area (Å²) < 4.78 is 10.4. The molecule has 0 fully saturated rings. The van der Waals surface area contributed by atoms with Gasteiger partial charge in [0.05, 0.1) is 0 Å². The van der Waals surface area contributed by atoms with Gasteiger partial charge in [-0.25, -0.2) is 0 Å². The fourth-order valence-corrected chi connectivity index (χ4v) is 1.61. The number of rotatable bonds is 3. The van der Waals surface area contributed by atoms with E-state index in [1.165, 1.54) is 0 Å². The van der Waals surface area contributed by atoms with Gasteiger partial charge in [-0.1, -0.05) is 6.07 Å². The van der Waals surface area contributed by atoms with Crippen molar-refractivity contribution < 1.29 is 14.4 Å². The fraction of sp³-hybridized carbons (Fsp3) is 0.455. The second-order valence-corrected chi connectivity index (χ2v) is 4.43. The van der Waals surface area contributed by atoms with Gasteiger partial charge < -0.3 is 9.47 Å². The zero-order valence-corrected chi connectivity index (χ0v) is 9.23. The highest BCUT2D eigenvalue weighted by atomic mass is 16.7. The number of benzene rings is 1. The van der Waals surface area contributed by atoms with Crippen LogP contribution < -0.4 is 9.47 Å². The number of ether oxygens (including phenoxy) is 2. The van der Waals surface area contributed by atoms with E-state index in [4.69, 9.17) is 9.47 Å². The third-order valence-corrected chi connectivity index (χ3v) is 2.57. The van der Waals surface area contributed by atoms with Gasteiger partial charge in [0, 0.05) is 25.2 Å². The maximum Gasteiger partial charge on any atom is 0.231 e. The van der Waals surface area contributed by atoms with Crippen LogP contribution in [-0.4, -0.2) is 17.3 Å². The van der Waals surface area contributed by atoms with Crippen molar-refractivity contribution in [3.63, 3.8) is 0 Å². The molecule has 0 atom stereocenters. The summed E-state index contributed by atoms with van der Waals surface area (Å²) in [6.45, 7) is 3.44. The Bertz CT molecular complexity index is 428. The van der Waals surface area contributed by atoms with E-state index < -0.39 is 5.54 Å². The molecular formula is C11H13NO4. The first-order valence-electron chi connectivity index (χ1n) is 5.02. The van der Waals surface area contributed by atoms with Crippen LogP contribution in [0.15, 0.2) is 18.2 Å². The summed E-state index contributed by atoms with van der Waals surface area (Å²) in [5.41, 5.74) is -0.0841. The summed E-state index contributed by atoms with van der Waals surface area (Å²) in [5, 5.41) is 10.8. The maximum absolute atomic E-state index is 10.8. The molecular weight excluding hydrogens is 210 g/mol. The van der Waals surface area contributed by atoms with Crippen molar-refractivity contribution in [2.24, 2.45) is 0 Å². The monoisotopic (exact) mass is 223 g/mol. The minimum atomic E-state index is -0.965. The average molecular weight is 223 g/mol. The van der Waals surface area contributed by atoms with E-state index in [9.17, 15) is 10.1 Å². The Morgan fingerprint density at radius 2 is 2.06 bits per heavy atom.